The van der Waals surface area contributed by atoms with Crippen molar-refractivity contribution in [2.24, 2.45) is 0 Å². The highest BCUT2D eigenvalue weighted by Gasteiger charge is 2.16. The number of nitrogens with one attached hydrogen (secondary N) is 1. The maximum absolute atomic E-state index is 11.7. The lowest BCUT2D eigenvalue weighted by Gasteiger charge is -2.10. The third-order valence-corrected chi connectivity index (χ3v) is 4.02. The molecule has 1 atom stereocenters. The molecule has 3 nitrogen and oxygen atoms in total. The number of aromatic hydroxyl groups is 1. The predicted octanol–water partition coefficient (Wildman–Crippen LogP) is 2.02. The van der Waals surface area contributed by atoms with Crippen molar-refractivity contribution in [1.29, 1.82) is 0 Å². The number of carbonyl (C=O) groups excluding carboxylic acids is 1. The lowest BCUT2D eigenvalue weighted by Crippen LogP contribution is -2.29. The summed E-state index contributed by atoms with van der Waals surface area (Å²) >= 11 is 1.92. The molecule has 1 aromatic carbocycles. The zero-order chi connectivity index (χ0) is 11.4. The molecule has 86 valence electrons. The Balaban J connectivity index is 1.87. The van der Waals surface area contributed by atoms with Crippen LogP contribution >= 0.6 is 11.8 Å². The summed E-state index contributed by atoms with van der Waals surface area (Å²) < 4.78 is 0. The number of amides is 1. The van der Waals surface area contributed by atoms with E-state index in [1.54, 1.807) is 18.2 Å². The molecule has 1 amide bonds. The number of benzene rings is 1. The van der Waals surface area contributed by atoms with Gasteiger partial charge >= 0.3 is 0 Å². The van der Waals surface area contributed by atoms with E-state index in [-0.39, 0.29) is 11.7 Å². The zero-order valence-corrected chi connectivity index (χ0v) is 9.80. The van der Waals surface area contributed by atoms with Crippen molar-refractivity contribution in [3.05, 3.63) is 29.8 Å². The van der Waals surface area contributed by atoms with Gasteiger partial charge in [-0.05, 0) is 36.8 Å². The lowest BCUT2D eigenvalue weighted by molar-refractivity contribution is 0.0953. The second-order valence-electron chi connectivity index (χ2n) is 3.90. The van der Waals surface area contributed by atoms with Crippen molar-refractivity contribution >= 4 is 17.7 Å². The molecule has 0 radical (unpaired) electrons. The molecule has 0 bridgehead atoms. The topological polar surface area (TPSA) is 49.3 Å². The molecule has 16 heavy (non-hydrogen) atoms. The summed E-state index contributed by atoms with van der Waals surface area (Å²) in [7, 11) is 0. The molecule has 1 aromatic rings. The Kier molecular flexibility index (Phi) is 3.72. The highest BCUT2D eigenvalue weighted by Crippen LogP contribution is 2.25. The number of phenolic OH excluding ortho intramolecular Hbond substituents is 1. The van der Waals surface area contributed by atoms with E-state index in [2.05, 4.69) is 5.32 Å². The largest absolute Gasteiger partial charge is 0.508 e. The van der Waals surface area contributed by atoms with Gasteiger partial charge in [-0.1, -0.05) is 6.07 Å². The normalized spacial score (nSPS) is 19.6. The fraction of sp³-hybridized carbons (Fsp3) is 0.417. The number of hydrogen-bond donors (Lipinski definition) is 2. The van der Waals surface area contributed by atoms with Gasteiger partial charge in [-0.25, -0.2) is 0 Å². The van der Waals surface area contributed by atoms with Crippen LogP contribution in [0.5, 0.6) is 5.75 Å². The van der Waals surface area contributed by atoms with Crippen molar-refractivity contribution < 1.29 is 9.90 Å². The molecule has 0 aliphatic carbocycles. The molecule has 2 N–H and O–H groups in total. The molecule has 2 rings (SSSR count). The molecule has 1 fully saturated rings. The maximum Gasteiger partial charge on any atom is 0.251 e. The van der Waals surface area contributed by atoms with Crippen LogP contribution in [0.25, 0.3) is 0 Å². The van der Waals surface area contributed by atoms with Crippen LogP contribution in [-0.2, 0) is 0 Å². The first-order valence-electron chi connectivity index (χ1n) is 5.44. The van der Waals surface area contributed by atoms with Crippen LogP contribution in [-0.4, -0.2) is 28.6 Å². The van der Waals surface area contributed by atoms with E-state index in [1.165, 1.54) is 24.7 Å². The molecular formula is C12H15NO2S. The average Bonchev–Trinajstić information content (AvgIpc) is 2.78. The summed E-state index contributed by atoms with van der Waals surface area (Å²) in [5.74, 6) is 1.22. The van der Waals surface area contributed by atoms with Gasteiger partial charge < -0.3 is 10.4 Å². The van der Waals surface area contributed by atoms with Gasteiger partial charge in [-0.2, -0.15) is 11.8 Å². The summed E-state index contributed by atoms with van der Waals surface area (Å²) in [5, 5.41) is 12.7. The highest BCUT2D eigenvalue weighted by atomic mass is 32.2. The van der Waals surface area contributed by atoms with Crippen LogP contribution in [0, 0.1) is 0 Å². The molecule has 4 heteroatoms. The second kappa shape index (κ2) is 5.25. The molecular weight excluding hydrogens is 222 g/mol. The van der Waals surface area contributed by atoms with Gasteiger partial charge in [0, 0.05) is 17.4 Å². The van der Waals surface area contributed by atoms with Gasteiger partial charge in [-0.15, -0.1) is 0 Å². The molecule has 0 saturated carbocycles. The number of rotatable bonds is 3. The monoisotopic (exact) mass is 237 g/mol. The van der Waals surface area contributed by atoms with Crippen LogP contribution in [0.4, 0.5) is 0 Å². The van der Waals surface area contributed by atoms with Crippen molar-refractivity contribution in [1.82, 2.24) is 5.32 Å². The van der Waals surface area contributed by atoms with E-state index >= 15 is 0 Å². The Bertz CT molecular complexity index is 375. The summed E-state index contributed by atoms with van der Waals surface area (Å²) in [5.41, 5.74) is 0.517. The second-order valence-corrected chi connectivity index (χ2v) is 5.30. The Morgan fingerprint density at radius 1 is 1.56 bits per heavy atom. The first kappa shape index (κ1) is 11.3. The fourth-order valence-corrected chi connectivity index (χ4v) is 2.96. The molecule has 0 aromatic heterocycles. The van der Waals surface area contributed by atoms with Crippen LogP contribution in [0.3, 0.4) is 0 Å². The highest BCUT2D eigenvalue weighted by molar-refractivity contribution is 8.00. The van der Waals surface area contributed by atoms with Crippen molar-refractivity contribution in [2.75, 3.05) is 12.3 Å². The zero-order valence-electron chi connectivity index (χ0n) is 8.98. The quantitative estimate of drug-likeness (QED) is 0.845. The summed E-state index contributed by atoms with van der Waals surface area (Å²) in [6, 6.07) is 6.42. The van der Waals surface area contributed by atoms with E-state index in [4.69, 9.17) is 0 Å². The molecule has 1 aliphatic rings. The SMILES string of the molecule is O=C(NCC1CCCS1)c1cccc(O)c1. The van der Waals surface area contributed by atoms with Crippen LogP contribution in [0.1, 0.15) is 23.2 Å². The van der Waals surface area contributed by atoms with Gasteiger partial charge in [0.2, 0.25) is 0 Å². The molecule has 1 saturated heterocycles. The van der Waals surface area contributed by atoms with E-state index in [0.29, 0.717) is 10.8 Å². The number of carbonyl (C=O) groups is 1. The number of hydrogen-bond acceptors (Lipinski definition) is 3. The standard InChI is InChI=1S/C12H15NO2S/c14-10-4-1-3-9(7-10)12(15)13-8-11-5-2-6-16-11/h1,3-4,7,11,14H,2,5-6,8H2,(H,13,15). The Morgan fingerprint density at radius 3 is 3.12 bits per heavy atom. The molecule has 1 unspecified atom stereocenters. The van der Waals surface area contributed by atoms with Crippen molar-refractivity contribution in [2.45, 2.75) is 18.1 Å². The first-order chi connectivity index (χ1) is 7.75. The minimum absolute atomic E-state index is 0.108. The number of thioether (sulfide) groups is 1. The van der Waals surface area contributed by atoms with Crippen LogP contribution < -0.4 is 5.32 Å². The summed E-state index contributed by atoms with van der Waals surface area (Å²) in [4.78, 5) is 11.7. The van der Waals surface area contributed by atoms with E-state index < -0.39 is 0 Å². The first-order valence-corrected chi connectivity index (χ1v) is 6.49. The Morgan fingerprint density at radius 2 is 2.44 bits per heavy atom. The smallest absolute Gasteiger partial charge is 0.251 e. The number of phenols is 1. The van der Waals surface area contributed by atoms with Crippen molar-refractivity contribution in [3.63, 3.8) is 0 Å². The third-order valence-electron chi connectivity index (χ3n) is 2.62. The van der Waals surface area contributed by atoms with Gasteiger partial charge in [0.15, 0.2) is 0 Å². The Hall–Kier alpha value is -1.16. The van der Waals surface area contributed by atoms with Gasteiger partial charge in [0.25, 0.3) is 5.91 Å². The van der Waals surface area contributed by atoms with Crippen molar-refractivity contribution in [3.8, 4) is 5.75 Å². The van der Waals surface area contributed by atoms with Gasteiger partial charge in [-0.3, -0.25) is 4.79 Å². The van der Waals surface area contributed by atoms with Gasteiger partial charge in [0.05, 0.1) is 0 Å². The third kappa shape index (κ3) is 2.92. The minimum atomic E-state index is -0.108. The van der Waals surface area contributed by atoms with Crippen LogP contribution in [0.2, 0.25) is 0 Å². The molecule has 1 aliphatic heterocycles. The average molecular weight is 237 g/mol. The lowest BCUT2D eigenvalue weighted by atomic mass is 10.2. The summed E-state index contributed by atoms with van der Waals surface area (Å²) in [6.07, 6.45) is 2.43. The van der Waals surface area contributed by atoms with E-state index in [9.17, 15) is 9.90 Å². The summed E-state index contributed by atoms with van der Waals surface area (Å²) in [6.45, 7) is 0.721. The Labute approximate surface area is 99.2 Å². The van der Waals surface area contributed by atoms with E-state index in [1.807, 2.05) is 11.8 Å². The predicted molar refractivity (Wildman–Crippen MR) is 65.9 cm³/mol. The minimum Gasteiger partial charge on any atom is -0.508 e. The van der Waals surface area contributed by atoms with Gasteiger partial charge in [0.1, 0.15) is 5.75 Å². The maximum atomic E-state index is 11.7. The van der Waals surface area contributed by atoms with Crippen LogP contribution in [0.15, 0.2) is 24.3 Å². The molecule has 1 heterocycles. The fourth-order valence-electron chi connectivity index (χ4n) is 1.76. The molecule has 0 spiro atoms. The van der Waals surface area contributed by atoms with E-state index in [0.717, 1.165) is 6.54 Å².